The van der Waals surface area contributed by atoms with Crippen molar-refractivity contribution >= 4 is 16.9 Å². The van der Waals surface area contributed by atoms with Gasteiger partial charge in [0.15, 0.2) is 5.82 Å². The molecule has 0 spiro atoms. The summed E-state index contributed by atoms with van der Waals surface area (Å²) in [5.74, 6) is 0.740. The zero-order chi connectivity index (χ0) is 14.1. The Balaban J connectivity index is 1.77. The first-order valence-corrected chi connectivity index (χ1v) is 6.76. The molecule has 106 valence electrons. The summed E-state index contributed by atoms with van der Waals surface area (Å²) < 4.78 is 0. The van der Waals surface area contributed by atoms with Gasteiger partial charge in [0, 0.05) is 37.3 Å². The lowest BCUT2D eigenvalue weighted by Crippen LogP contribution is -2.21. The summed E-state index contributed by atoms with van der Waals surface area (Å²) in [4.78, 5) is 13.6. The van der Waals surface area contributed by atoms with Gasteiger partial charge in [-0.25, -0.2) is 9.97 Å². The number of H-pyrrole nitrogens is 1. The Bertz CT molecular complexity index is 623. The average molecular weight is 273 g/mol. The molecular formula is C14H19N5O. The zero-order valence-corrected chi connectivity index (χ0v) is 11.3. The normalized spacial score (nSPS) is 23.4. The number of likely N-dealkylation sites (tertiary alicyclic amines) is 1. The fourth-order valence-electron chi connectivity index (χ4n) is 2.89. The molecule has 4 N–H and O–H groups in total. The molecule has 2 aromatic heterocycles. The molecule has 1 aliphatic rings. The van der Waals surface area contributed by atoms with Crippen molar-refractivity contribution in [2.75, 3.05) is 18.8 Å². The largest absolute Gasteiger partial charge is 0.391 e. The van der Waals surface area contributed by atoms with E-state index in [0.717, 1.165) is 36.1 Å². The summed E-state index contributed by atoms with van der Waals surface area (Å²) in [6.07, 6.45) is 5.84. The van der Waals surface area contributed by atoms with Crippen LogP contribution in [0.4, 0.5) is 5.82 Å². The van der Waals surface area contributed by atoms with Gasteiger partial charge in [-0.1, -0.05) is 6.08 Å². The van der Waals surface area contributed by atoms with Crippen LogP contribution < -0.4 is 5.73 Å². The maximum atomic E-state index is 10.0. The monoisotopic (exact) mass is 273 g/mol. The molecule has 6 heteroatoms. The molecule has 2 atom stereocenters. The minimum atomic E-state index is -0.280. The lowest BCUT2D eigenvalue weighted by atomic mass is 10.0. The predicted octanol–water partition coefficient (Wildman–Crippen LogP) is 0.909. The Labute approximate surface area is 117 Å². The van der Waals surface area contributed by atoms with E-state index in [2.05, 4.69) is 26.4 Å². The maximum Gasteiger partial charge on any atom is 0.151 e. The number of anilines is 1. The third-order valence-electron chi connectivity index (χ3n) is 3.92. The van der Waals surface area contributed by atoms with Crippen molar-refractivity contribution in [1.29, 1.82) is 0 Å². The van der Waals surface area contributed by atoms with E-state index < -0.39 is 0 Å². The van der Waals surface area contributed by atoms with Crippen LogP contribution >= 0.6 is 0 Å². The molecule has 0 radical (unpaired) electrons. The number of allylic oxidation sites excluding steroid dienone is 1. The topological polar surface area (TPSA) is 91.1 Å². The summed E-state index contributed by atoms with van der Waals surface area (Å²) in [7, 11) is 0. The van der Waals surface area contributed by atoms with Gasteiger partial charge < -0.3 is 15.8 Å². The van der Waals surface area contributed by atoms with Crippen molar-refractivity contribution in [1.82, 2.24) is 19.9 Å². The molecule has 1 unspecified atom stereocenters. The molecule has 3 rings (SSSR count). The first-order chi connectivity index (χ1) is 9.69. The number of nitrogens with one attached hydrogen (secondary N) is 1. The second-order valence-corrected chi connectivity index (χ2v) is 5.34. The van der Waals surface area contributed by atoms with E-state index in [-0.39, 0.29) is 12.0 Å². The fraction of sp³-hybridized carbons (Fsp3) is 0.429. The third kappa shape index (κ3) is 2.28. The highest BCUT2D eigenvalue weighted by Crippen LogP contribution is 2.25. The molecule has 1 fully saturated rings. The van der Waals surface area contributed by atoms with E-state index in [4.69, 9.17) is 5.73 Å². The predicted molar refractivity (Wildman–Crippen MR) is 77.9 cm³/mol. The molecule has 0 amide bonds. The van der Waals surface area contributed by atoms with Crippen LogP contribution in [0.15, 0.2) is 25.2 Å². The number of aromatic nitrogens is 3. The minimum absolute atomic E-state index is 0.275. The summed E-state index contributed by atoms with van der Waals surface area (Å²) in [5.41, 5.74) is 8.54. The number of aliphatic hydroxyl groups excluding tert-OH is 1. The lowest BCUT2D eigenvalue weighted by molar-refractivity contribution is 0.142. The SMILES string of the molecule is C=CCC1CN(Cc2c[nH]c3c(N)ncnc23)C[C@@H]1O. The number of nitrogens with two attached hydrogens (primary N) is 1. The number of fused-ring (bicyclic) bond motifs is 1. The van der Waals surface area contributed by atoms with Crippen LogP contribution in [0.5, 0.6) is 0 Å². The molecule has 0 saturated carbocycles. The summed E-state index contributed by atoms with van der Waals surface area (Å²) >= 11 is 0. The summed E-state index contributed by atoms with van der Waals surface area (Å²) in [5, 5.41) is 10.0. The molecular weight excluding hydrogens is 254 g/mol. The molecule has 20 heavy (non-hydrogen) atoms. The van der Waals surface area contributed by atoms with Gasteiger partial charge in [-0.15, -0.1) is 6.58 Å². The highest BCUT2D eigenvalue weighted by atomic mass is 16.3. The van der Waals surface area contributed by atoms with Gasteiger partial charge in [0.05, 0.1) is 11.6 Å². The lowest BCUT2D eigenvalue weighted by Gasteiger charge is -2.14. The minimum Gasteiger partial charge on any atom is -0.391 e. The Morgan fingerprint density at radius 3 is 3.15 bits per heavy atom. The van der Waals surface area contributed by atoms with Gasteiger partial charge in [0.25, 0.3) is 0 Å². The second kappa shape index (κ2) is 5.22. The van der Waals surface area contributed by atoms with Crippen molar-refractivity contribution in [2.45, 2.75) is 19.1 Å². The van der Waals surface area contributed by atoms with Crippen molar-refractivity contribution in [2.24, 2.45) is 5.92 Å². The van der Waals surface area contributed by atoms with E-state index in [1.54, 1.807) is 0 Å². The van der Waals surface area contributed by atoms with Crippen LogP contribution in [-0.2, 0) is 6.54 Å². The van der Waals surface area contributed by atoms with Crippen LogP contribution in [0.3, 0.4) is 0 Å². The van der Waals surface area contributed by atoms with Gasteiger partial charge >= 0.3 is 0 Å². The molecule has 1 saturated heterocycles. The number of aromatic amines is 1. The Morgan fingerprint density at radius 1 is 1.50 bits per heavy atom. The van der Waals surface area contributed by atoms with Gasteiger partial charge in [0.1, 0.15) is 11.8 Å². The molecule has 0 aromatic carbocycles. The van der Waals surface area contributed by atoms with Crippen molar-refractivity contribution < 1.29 is 5.11 Å². The molecule has 0 aliphatic carbocycles. The van der Waals surface area contributed by atoms with Crippen molar-refractivity contribution in [3.8, 4) is 0 Å². The Morgan fingerprint density at radius 2 is 2.35 bits per heavy atom. The summed E-state index contributed by atoms with van der Waals surface area (Å²) in [6.45, 7) is 6.06. The highest BCUT2D eigenvalue weighted by molar-refractivity contribution is 5.86. The van der Waals surface area contributed by atoms with E-state index in [1.807, 2.05) is 12.3 Å². The van der Waals surface area contributed by atoms with Crippen LogP contribution in [-0.4, -0.2) is 44.2 Å². The zero-order valence-electron chi connectivity index (χ0n) is 11.3. The number of hydrogen-bond donors (Lipinski definition) is 3. The third-order valence-corrected chi connectivity index (χ3v) is 3.92. The number of hydrogen-bond acceptors (Lipinski definition) is 5. The quantitative estimate of drug-likeness (QED) is 0.720. The maximum absolute atomic E-state index is 10.0. The molecule has 2 aromatic rings. The molecule has 0 bridgehead atoms. The number of aliphatic hydroxyl groups is 1. The van der Waals surface area contributed by atoms with E-state index >= 15 is 0 Å². The van der Waals surface area contributed by atoms with Crippen molar-refractivity contribution in [3.63, 3.8) is 0 Å². The number of nitrogens with zero attached hydrogens (tertiary/aromatic N) is 3. The van der Waals surface area contributed by atoms with Gasteiger partial charge in [-0.05, 0) is 6.42 Å². The van der Waals surface area contributed by atoms with Crippen molar-refractivity contribution in [3.05, 3.63) is 30.7 Å². The van der Waals surface area contributed by atoms with E-state index in [9.17, 15) is 5.11 Å². The first-order valence-electron chi connectivity index (χ1n) is 6.76. The first kappa shape index (κ1) is 13.1. The summed E-state index contributed by atoms with van der Waals surface area (Å²) in [6, 6.07) is 0. The number of β-amino-alcohol motifs (C(OH)–C–C–N with tert-alkyl or cyclic N) is 1. The number of rotatable bonds is 4. The van der Waals surface area contributed by atoms with E-state index in [0.29, 0.717) is 12.4 Å². The fourth-order valence-corrected chi connectivity index (χ4v) is 2.89. The Kier molecular flexibility index (Phi) is 3.42. The highest BCUT2D eigenvalue weighted by Gasteiger charge is 2.30. The van der Waals surface area contributed by atoms with Gasteiger partial charge in [-0.2, -0.15) is 0 Å². The smallest absolute Gasteiger partial charge is 0.151 e. The van der Waals surface area contributed by atoms with E-state index in [1.165, 1.54) is 6.33 Å². The molecule has 1 aliphatic heterocycles. The van der Waals surface area contributed by atoms with Gasteiger partial charge in [0.2, 0.25) is 0 Å². The molecule has 6 nitrogen and oxygen atoms in total. The molecule has 3 heterocycles. The van der Waals surface area contributed by atoms with Crippen LogP contribution in [0.1, 0.15) is 12.0 Å². The number of nitrogen functional groups attached to an aromatic ring is 1. The van der Waals surface area contributed by atoms with Crippen LogP contribution in [0.2, 0.25) is 0 Å². The van der Waals surface area contributed by atoms with Gasteiger partial charge in [-0.3, -0.25) is 4.90 Å². The standard InChI is InChI=1S/C14H19N5O/c1-2-3-9-5-19(7-11(9)20)6-10-4-16-13-12(10)17-8-18-14(13)15/h2,4,8-9,11,16,20H,1,3,5-7H2,(H2,15,17,18)/t9?,11-/m0/s1. The van der Waals surface area contributed by atoms with Crippen LogP contribution in [0.25, 0.3) is 11.0 Å². The average Bonchev–Trinajstić information content (AvgIpc) is 2.97. The Hall–Kier alpha value is -1.92. The van der Waals surface area contributed by atoms with Crippen LogP contribution in [0, 0.1) is 5.92 Å². The second-order valence-electron chi connectivity index (χ2n) is 5.34.